The molecular formula is C13H16N2O2. The molecule has 1 aromatic rings. The lowest BCUT2D eigenvalue weighted by Gasteiger charge is -2.16. The Morgan fingerprint density at radius 1 is 1.53 bits per heavy atom. The summed E-state index contributed by atoms with van der Waals surface area (Å²) in [7, 11) is 0. The van der Waals surface area contributed by atoms with E-state index in [1.807, 2.05) is 13.8 Å². The maximum atomic E-state index is 11.1. The third kappa shape index (κ3) is 2.39. The topological polar surface area (TPSA) is 87.1 Å². The second kappa shape index (κ2) is 5.35. The van der Waals surface area contributed by atoms with Gasteiger partial charge < -0.3 is 10.8 Å². The van der Waals surface area contributed by atoms with E-state index in [4.69, 9.17) is 16.1 Å². The zero-order chi connectivity index (χ0) is 13.0. The quantitative estimate of drug-likeness (QED) is 0.779. The molecule has 1 atom stereocenters. The maximum Gasteiger partial charge on any atom is 0.311 e. The van der Waals surface area contributed by atoms with Crippen molar-refractivity contribution in [3.8, 4) is 6.07 Å². The van der Waals surface area contributed by atoms with Crippen LogP contribution in [0.2, 0.25) is 0 Å². The summed E-state index contributed by atoms with van der Waals surface area (Å²) in [4.78, 5) is 11.1. The fraction of sp³-hybridized carbons (Fsp3) is 0.385. The summed E-state index contributed by atoms with van der Waals surface area (Å²) in [5.41, 5.74) is 8.29. The summed E-state index contributed by atoms with van der Waals surface area (Å²) in [6, 6.07) is 5.37. The molecule has 0 saturated carbocycles. The highest BCUT2D eigenvalue weighted by Gasteiger charge is 2.22. The summed E-state index contributed by atoms with van der Waals surface area (Å²) in [5, 5.41) is 18.1. The van der Waals surface area contributed by atoms with Gasteiger partial charge in [-0.25, -0.2) is 0 Å². The largest absolute Gasteiger partial charge is 0.481 e. The van der Waals surface area contributed by atoms with Crippen LogP contribution in [0.1, 0.15) is 42.9 Å². The number of nitrogen functional groups attached to an aromatic ring is 1. The molecule has 1 unspecified atom stereocenters. The van der Waals surface area contributed by atoms with Gasteiger partial charge in [0.05, 0.1) is 17.6 Å². The highest BCUT2D eigenvalue weighted by Crippen LogP contribution is 2.30. The Kier molecular flexibility index (Phi) is 4.11. The summed E-state index contributed by atoms with van der Waals surface area (Å²) in [5.74, 6) is -1.49. The molecule has 90 valence electrons. The van der Waals surface area contributed by atoms with Crippen LogP contribution in [-0.4, -0.2) is 11.1 Å². The molecule has 0 radical (unpaired) electrons. The monoisotopic (exact) mass is 232 g/mol. The van der Waals surface area contributed by atoms with Gasteiger partial charge in [0.25, 0.3) is 0 Å². The number of rotatable bonds is 4. The van der Waals surface area contributed by atoms with Crippen molar-refractivity contribution in [2.45, 2.75) is 32.6 Å². The van der Waals surface area contributed by atoms with Crippen molar-refractivity contribution in [2.24, 2.45) is 0 Å². The Bertz CT molecular complexity index is 475. The first-order valence-corrected chi connectivity index (χ1v) is 5.60. The molecule has 1 rings (SSSR count). The van der Waals surface area contributed by atoms with E-state index < -0.39 is 11.9 Å². The molecule has 0 saturated heterocycles. The van der Waals surface area contributed by atoms with Crippen LogP contribution in [0.25, 0.3) is 0 Å². The number of aliphatic carboxylic acids is 1. The highest BCUT2D eigenvalue weighted by atomic mass is 16.4. The van der Waals surface area contributed by atoms with Crippen LogP contribution in [0.4, 0.5) is 5.69 Å². The van der Waals surface area contributed by atoms with Crippen LogP contribution >= 0.6 is 0 Å². The molecule has 0 aromatic heterocycles. The average molecular weight is 232 g/mol. The molecular weight excluding hydrogens is 216 g/mol. The molecule has 4 nitrogen and oxygen atoms in total. The second-order valence-corrected chi connectivity index (χ2v) is 3.86. The summed E-state index contributed by atoms with van der Waals surface area (Å²) >= 11 is 0. The smallest absolute Gasteiger partial charge is 0.311 e. The van der Waals surface area contributed by atoms with E-state index in [2.05, 4.69) is 6.07 Å². The van der Waals surface area contributed by atoms with Gasteiger partial charge >= 0.3 is 5.97 Å². The number of hydrogen-bond donors (Lipinski definition) is 2. The minimum absolute atomic E-state index is 0.445. The number of nitrogens with two attached hydrogens (primary N) is 1. The third-order valence-corrected chi connectivity index (χ3v) is 2.95. The Hall–Kier alpha value is -2.02. The van der Waals surface area contributed by atoms with Crippen molar-refractivity contribution in [1.29, 1.82) is 5.26 Å². The number of nitriles is 1. The predicted molar refractivity (Wildman–Crippen MR) is 65.6 cm³/mol. The van der Waals surface area contributed by atoms with Crippen LogP contribution in [0.15, 0.2) is 12.1 Å². The van der Waals surface area contributed by atoms with Crippen molar-refractivity contribution in [2.75, 3.05) is 5.73 Å². The first-order valence-electron chi connectivity index (χ1n) is 5.60. The first kappa shape index (κ1) is 13.0. The number of carboxylic acid groups (broad SMARTS) is 1. The lowest BCUT2D eigenvalue weighted by molar-refractivity contribution is -0.138. The normalized spacial score (nSPS) is 11.8. The molecule has 0 heterocycles. The van der Waals surface area contributed by atoms with Crippen LogP contribution in [0, 0.1) is 11.3 Å². The summed E-state index contributed by atoms with van der Waals surface area (Å²) in [6.07, 6.45) is 1.10. The van der Waals surface area contributed by atoms with Crippen molar-refractivity contribution in [3.63, 3.8) is 0 Å². The highest BCUT2D eigenvalue weighted by molar-refractivity contribution is 5.79. The minimum atomic E-state index is -0.883. The average Bonchev–Trinajstić information content (AvgIpc) is 2.31. The standard InChI is InChI=1S/C13H16N2O2/c1-3-9-8(7-14)5-6-11(12(9)15)10(4-2)13(16)17/h5-6,10H,3-4,15H2,1-2H3,(H,16,17). The zero-order valence-corrected chi connectivity index (χ0v) is 10.0. The van der Waals surface area contributed by atoms with E-state index in [0.717, 1.165) is 5.56 Å². The van der Waals surface area contributed by atoms with Gasteiger partial charge in [-0.3, -0.25) is 4.79 Å². The Morgan fingerprint density at radius 2 is 2.18 bits per heavy atom. The van der Waals surface area contributed by atoms with Crippen LogP contribution in [-0.2, 0) is 11.2 Å². The molecule has 0 spiro atoms. The third-order valence-electron chi connectivity index (χ3n) is 2.95. The molecule has 3 N–H and O–H groups in total. The van der Waals surface area contributed by atoms with Gasteiger partial charge in [-0.2, -0.15) is 5.26 Å². The Balaban J connectivity index is 3.38. The second-order valence-electron chi connectivity index (χ2n) is 3.86. The van der Waals surface area contributed by atoms with Crippen molar-refractivity contribution < 1.29 is 9.90 Å². The van der Waals surface area contributed by atoms with E-state index in [0.29, 0.717) is 29.7 Å². The Labute approximate surface area is 101 Å². The number of carbonyl (C=O) groups is 1. The molecule has 0 fully saturated rings. The van der Waals surface area contributed by atoms with Gasteiger partial charge in [0.2, 0.25) is 0 Å². The lowest BCUT2D eigenvalue weighted by atomic mass is 9.90. The van der Waals surface area contributed by atoms with E-state index in [-0.39, 0.29) is 0 Å². The number of anilines is 1. The van der Waals surface area contributed by atoms with Gasteiger partial charge in [-0.15, -0.1) is 0 Å². The number of nitrogens with zero attached hydrogens (tertiary/aromatic N) is 1. The number of hydrogen-bond acceptors (Lipinski definition) is 3. The van der Waals surface area contributed by atoms with E-state index in [1.165, 1.54) is 0 Å². The van der Waals surface area contributed by atoms with E-state index >= 15 is 0 Å². The molecule has 17 heavy (non-hydrogen) atoms. The van der Waals surface area contributed by atoms with Crippen molar-refractivity contribution >= 4 is 11.7 Å². The van der Waals surface area contributed by atoms with Gasteiger partial charge in [-0.1, -0.05) is 19.9 Å². The van der Waals surface area contributed by atoms with E-state index in [1.54, 1.807) is 12.1 Å². The molecule has 0 aliphatic rings. The van der Waals surface area contributed by atoms with Crippen LogP contribution in [0.5, 0.6) is 0 Å². The molecule has 1 aromatic carbocycles. The molecule has 0 aliphatic carbocycles. The summed E-state index contributed by atoms with van der Waals surface area (Å²) in [6.45, 7) is 3.71. The van der Waals surface area contributed by atoms with Gasteiger partial charge in [-0.05, 0) is 30.0 Å². The Morgan fingerprint density at radius 3 is 2.59 bits per heavy atom. The fourth-order valence-electron chi connectivity index (χ4n) is 2.00. The number of benzene rings is 1. The van der Waals surface area contributed by atoms with Gasteiger partial charge in [0.15, 0.2) is 0 Å². The molecule has 0 amide bonds. The lowest BCUT2D eigenvalue weighted by Crippen LogP contribution is -2.14. The zero-order valence-electron chi connectivity index (χ0n) is 10.0. The van der Waals surface area contributed by atoms with Crippen molar-refractivity contribution in [1.82, 2.24) is 0 Å². The fourth-order valence-corrected chi connectivity index (χ4v) is 2.00. The predicted octanol–water partition coefficient (Wildman–Crippen LogP) is 2.28. The van der Waals surface area contributed by atoms with Gasteiger partial charge in [0.1, 0.15) is 0 Å². The minimum Gasteiger partial charge on any atom is -0.481 e. The maximum absolute atomic E-state index is 11.1. The molecule has 0 bridgehead atoms. The molecule has 0 aliphatic heterocycles. The first-order chi connectivity index (χ1) is 8.06. The molecule has 4 heteroatoms. The van der Waals surface area contributed by atoms with Crippen LogP contribution in [0.3, 0.4) is 0 Å². The van der Waals surface area contributed by atoms with Crippen molar-refractivity contribution in [3.05, 3.63) is 28.8 Å². The SMILES string of the molecule is CCc1c(C#N)ccc(C(CC)C(=O)O)c1N. The van der Waals surface area contributed by atoms with Gasteiger partial charge in [0, 0.05) is 5.69 Å². The summed E-state index contributed by atoms with van der Waals surface area (Å²) < 4.78 is 0. The number of carboxylic acids is 1. The van der Waals surface area contributed by atoms with E-state index in [9.17, 15) is 4.79 Å². The van der Waals surface area contributed by atoms with Crippen LogP contribution < -0.4 is 5.73 Å².